The Hall–Kier alpha value is -2.31. The van der Waals surface area contributed by atoms with E-state index in [0.717, 1.165) is 5.56 Å². The molecule has 0 bridgehead atoms. The molecule has 0 atom stereocenters. The van der Waals surface area contributed by atoms with Gasteiger partial charge in [-0.15, -0.1) is 0 Å². The second kappa shape index (κ2) is 5.82. The molecule has 0 radical (unpaired) electrons. The number of rotatable bonds is 4. The van der Waals surface area contributed by atoms with Crippen molar-refractivity contribution in [3.8, 4) is 11.3 Å². The Balaban J connectivity index is 2.22. The van der Waals surface area contributed by atoms with Gasteiger partial charge in [-0.1, -0.05) is 23.2 Å². The molecule has 0 unspecified atom stereocenters. The van der Waals surface area contributed by atoms with Crippen LogP contribution in [0.15, 0.2) is 30.6 Å². The van der Waals surface area contributed by atoms with Gasteiger partial charge in [0.2, 0.25) is 0 Å². The van der Waals surface area contributed by atoms with E-state index in [2.05, 4.69) is 20.5 Å². The van der Waals surface area contributed by atoms with Crippen LogP contribution in [0.4, 0.5) is 5.69 Å². The van der Waals surface area contributed by atoms with Crippen LogP contribution in [0, 0.1) is 0 Å². The maximum absolute atomic E-state index is 10.8. The second-order valence-electron chi connectivity index (χ2n) is 4.57. The van der Waals surface area contributed by atoms with Crippen molar-refractivity contribution in [3.05, 3.63) is 40.6 Å². The molecular weight excluding hydrogens is 327 g/mol. The normalized spacial score (nSPS) is 10.8. The summed E-state index contributed by atoms with van der Waals surface area (Å²) < 4.78 is 0. The van der Waals surface area contributed by atoms with Crippen LogP contribution in [0.1, 0.15) is 0 Å². The maximum atomic E-state index is 10.8. The highest BCUT2D eigenvalue weighted by molar-refractivity contribution is 6.38. The Morgan fingerprint density at radius 2 is 2.14 bits per heavy atom. The van der Waals surface area contributed by atoms with Gasteiger partial charge in [-0.05, 0) is 18.2 Å². The van der Waals surface area contributed by atoms with Crippen molar-refractivity contribution in [1.29, 1.82) is 0 Å². The van der Waals surface area contributed by atoms with E-state index in [-0.39, 0.29) is 6.54 Å². The highest BCUT2D eigenvalue weighted by Crippen LogP contribution is 2.34. The van der Waals surface area contributed by atoms with Crippen LogP contribution in [0.2, 0.25) is 10.0 Å². The predicted octanol–water partition coefficient (Wildman–Crippen LogP) is 3.43. The van der Waals surface area contributed by atoms with Crippen LogP contribution in [0.3, 0.4) is 0 Å². The van der Waals surface area contributed by atoms with Crippen LogP contribution in [0.5, 0.6) is 0 Å². The molecule has 0 amide bonds. The van der Waals surface area contributed by atoms with E-state index in [1.807, 2.05) is 0 Å². The number of hydrogen-bond acceptors (Lipinski definition) is 4. The van der Waals surface area contributed by atoms with Crippen molar-refractivity contribution in [2.24, 2.45) is 0 Å². The van der Waals surface area contributed by atoms with Crippen molar-refractivity contribution in [3.63, 3.8) is 0 Å². The summed E-state index contributed by atoms with van der Waals surface area (Å²) in [5, 5.41) is 19.8. The first-order chi connectivity index (χ1) is 10.5. The summed E-state index contributed by atoms with van der Waals surface area (Å²) >= 11 is 12.2. The number of fused-ring (bicyclic) bond motifs is 1. The third-order valence-electron chi connectivity index (χ3n) is 3.06. The van der Waals surface area contributed by atoms with Crippen LogP contribution < -0.4 is 5.32 Å². The molecule has 22 heavy (non-hydrogen) atoms. The minimum atomic E-state index is -0.969. The van der Waals surface area contributed by atoms with Gasteiger partial charge >= 0.3 is 5.97 Å². The standard InChI is InChI=1S/C14H10Cl2N4O2/c15-8-1-9-12(17-6-13(21)22)3-11(7-4-18-19-5-7)20-14(9)10(16)2-8/h1-5H,6H2,(H,17,20)(H,18,19)(H,21,22). The summed E-state index contributed by atoms with van der Waals surface area (Å²) in [6.07, 6.45) is 3.32. The number of aliphatic carboxylic acids is 1. The third-order valence-corrected chi connectivity index (χ3v) is 3.56. The Bertz CT molecular complexity index is 850. The molecule has 6 nitrogen and oxygen atoms in total. The first kappa shape index (κ1) is 14.6. The molecule has 0 fully saturated rings. The molecular formula is C14H10Cl2N4O2. The fraction of sp³-hybridized carbons (Fsp3) is 0.0714. The zero-order valence-electron chi connectivity index (χ0n) is 11.1. The molecule has 0 aliphatic carbocycles. The number of anilines is 1. The number of carboxylic acid groups (broad SMARTS) is 1. The Labute approximate surface area is 135 Å². The zero-order chi connectivity index (χ0) is 15.7. The van der Waals surface area contributed by atoms with Gasteiger partial charge in [-0.25, -0.2) is 4.98 Å². The molecule has 2 heterocycles. The summed E-state index contributed by atoms with van der Waals surface area (Å²) in [6, 6.07) is 5.03. The zero-order valence-corrected chi connectivity index (χ0v) is 12.6. The van der Waals surface area contributed by atoms with Crippen molar-refractivity contribution in [2.75, 3.05) is 11.9 Å². The molecule has 2 aromatic heterocycles. The van der Waals surface area contributed by atoms with Crippen LogP contribution in [-0.2, 0) is 4.79 Å². The second-order valence-corrected chi connectivity index (χ2v) is 5.42. The minimum Gasteiger partial charge on any atom is -0.480 e. The topological polar surface area (TPSA) is 90.9 Å². The third kappa shape index (κ3) is 2.84. The van der Waals surface area contributed by atoms with Gasteiger partial charge < -0.3 is 10.4 Å². The quantitative estimate of drug-likeness (QED) is 0.678. The van der Waals surface area contributed by atoms with E-state index in [4.69, 9.17) is 28.3 Å². The highest BCUT2D eigenvalue weighted by atomic mass is 35.5. The van der Waals surface area contributed by atoms with Gasteiger partial charge in [0.25, 0.3) is 0 Å². The number of aromatic nitrogens is 3. The predicted molar refractivity (Wildman–Crippen MR) is 85.5 cm³/mol. The molecule has 0 saturated heterocycles. The summed E-state index contributed by atoms with van der Waals surface area (Å²) in [6.45, 7) is -0.228. The molecule has 1 aromatic carbocycles. The lowest BCUT2D eigenvalue weighted by atomic mass is 10.1. The lowest BCUT2D eigenvalue weighted by Crippen LogP contribution is -2.12. The summed E-state index contributed by atoms with van der Waals surface area (Å²) in [5.74, 6) is -0.969. The van der Waals surface area contributed by atoms with Crippen LogP contribution in [-0.4, -0.2) is 32.8 Å². The minimum absolute atomic E-state index is 0.228. The van der Waals surface area contributed by atoms with Crippen molar-refractivity contribution >= 4 is 45.8 Å². The van der Waals surface area contributed by atoms with Gasteiger partial charge in [0.15, 0.2) is 0 Å². The Kier molecular flexibility index (Phi) is 3.87. The number of pyridine rings is 1. The molecule has 0 saturated carbocycles. The maximum Gasteiger partial charge on any atom is 0.322 e. The lowest BCUT2D eigenvalue weighted by Gasteiger charge is -2.11. The van der Waals surface area contributed by atoms with Crippen LogP contribution in [0.25, 0.3) is 22.2 Å². The fourth-order valence-electron chi connectivity index (χ4n) is 2.11. The fourth-order valence-corrected chi connectivity index (χ4v) is 2.64. The van der Waals surface area contributed by atoms with Gasteiger partial charge in [0.05, 0.1) is 22.4 Å². The number of aromatic amines is 1. The number of carbonyl (C=O) groups is 1. The van der Waals surface area contributed by atoms with Gasteiger partial charge in [-0.3, -0.25) is 9.89 Å². The first-order valence-electron chi connectivity index (χ1n) is 6.29. The number of H-pyrrole nitrogens is 1. The average molecular weight is 337 g/mol. The highest BCUT2D eigenvalue weighted by Gasteiger charge is 2.12. The molecule has 0 aliphatic heterocycles. The molecule has 0 aliphatic rings. The van der Waals surface area contributed by atoms with E-state index in [1.165, 1.54) is 0 Å². The monoisotopic (exact) mass is 336 g/mol. The Morgan fingerprint density at radius 3 is 2.82 bits per heavy atom. The summed E-state index contributed by atoms with van der Waals surface area (Å²) in [4.78, 5) is 15.3. The van der Waals surface area contributed by atoms with E-state index in [1.54, 1.807) is 30.6 Å². The molecule has 0 spiro atoms. The van der Waals surface area contributed by atoms with Crippen molar-refractivity contribution in [2.45, 2.75) is 0 Å². The number of benzene rings is 1. The number of carboxylic acids is 1. The molecule has 8 heteroatoms. The van der Waals surface area contributed by atoms with E-state index < -0.39 is 5.97 Å². The van der Waals surface area contributed by atoms with Crippen molar-refractivity contribution in [1.82, 2.24) is 15.2 Å². The van der Waals surface area contributed by atoms with E-state index in [0.29, 0.717) is 32.3 Å². The number of nitrogens with zero attached hydrogens (tertiary/aromatic N) is 2. The van der Waals surface area contributed by atoms with E-state index >= 15 is 0 Å². The number of hydrogen-bond donors (Lipinski definition) is 3. The summed E-state index contributed by atoms with van der Waals surface area (Å²) in [5.41, 5.74) is 2.52. The summed E-state index contributed by atoms with van der Waals surface area (Å²) in [7, 11) is 0. The van der Waals surface area contributed by atoms with Crippen molar-refractivity contribution < 1.29 is 9.90 Å². The molecule has 3 aromatic rings. The van der Waals surface area contributed by atoms with Crippen LogP contribution >= 0.6 is 23.2 Å². The number of nitrogens with one attached hydrogen (secondary N) is 2. The smallest absolute Gasteiger partial charge is 0.322 e. The first-order valence-corrected chi connectivity index (χ1v) is 7.05. The van der Waals surface area contributed by atoms with Gasteiger partial charge in [-0.2, -0.15) is 5.10 Å². The average Bonchev–Trinajstić information content (AvgIpc) is 2.99. The molecule has 3 rings (SSSR count). The van der Waals surface area contributed by atoms with Gasteiger partial charge in [0, 0.05) is 27.9 Å². The number of halogens is 2. The largest absolute Gasteiger partial charge is 0.480 e. The SMILES string of the molecule is O=C(O)CNc1cc(-c2cn[nH]c2)nc2c(Cl)cc(Cl)cc12. The lowest BCUT2D eigenvalue weighted by molar-refractivity contribution is -0.134. The molecule has 112 valence electrons. The van der Waals surface area contributed by atoms with E-state index in [9.17, 15) is 4.79 Å². The Morgan fingerprint density at radius 1 is 1.32 bits per heavy atom. The van der Waals surface area contributed by atoms with Gasteiger partial charge in [0.1, 0.15) is 6.54 Å². The molecule has 3 N–H and O–H groups in total.